The number of nitrogens with one attached hydrogen (secondary N) is 1. The second kappa shape index (κ2) is 5.58. The van der Waals surface area contributed by atoms with Gasteiger partial charge in [0, 0.05) is 17.3 Å². The van der Waals surface area contributed by atoms with Gasteiger partial charge in [0.2, 0.25) is 0 Å². The van der Waals surface area contributed by atoms with E-state index >= 15 is 0 Å². The van der Waals surface area contributed by atoms with E-state index in [-0.39, 0.29) is 0 Å². The summed E-state index contributed by atoms with van der Waals surface area (Å²) in [6.45, 7) is 2.37. The van der Waals surface area contributed by atoms with Crippen LogP contribution in [0.3, 0.4) is 0 Å². The Labute approximate surface area is 128 Å². The lowest BCUT2D eigenvalue weighted by Crippen LogP contribution is -2.30. The molecule has 3 nitrogen and oxygen atoms in total. The van der Waals surface area contributed by atoms with Crippen LogP contribution < -0.4 is 5.32 Å². The zero-order chi connectivity index (χ0) is 14.2. The van der Waals surface area contributed by atoms with Crippen molar-refractivity contribution < 1.29 is 0 Å². The van der Waals surface area contributed by atoms with E-state index in [0.29, 0.717) is 6.04 Å². The number of hydrogen-bond acceptors (Lipinski definition) is 3. The first-order chi connectivity index (χ1) is 10.3. The lowest BCUT2D eigenvalue weighted by atomic mass is 9.84. The van der Waals surface area contributed by atoms with Crippen LogP contribution in [-0.4, -0.2) is 16.0 Å². The minimum atomic E-state index is 0.558. The SMILES string of the molecule is CC(Nc1ncnc2c1CCCCC2)C1CC2CCC1C2. The van der Waals surface area contributed by atoms with Gasteiger partial charge in [0.05, 0.1) is 0 Å². The van der Waals surface area contributed by atoms with Crippen LogP contribution in [0.5, 0.6) is 0 Å². The summed E-state index contributed by atoms with van der Waals surface area (Å²) in [6.07, 6.45) is 13.8. The van der Waals surface area contributed by atoms with Gasteiger partial charge in [0.15, 0.2) is 0 Å². The fourth-order valence-electron chi connectivity index (χ4n) is 5.05. The van der Waals surface area contributed by atoms with E-state index in [0.717, 1.165) is 36.4 Å². The third kappa shape index (κ3) is 2.56. The van der Waals surface area contributed by atoms with Crippen molar-refractivity contribution >= 4 is 5.82 Å². The Balaban J connectivity index is 1.51. The number of hydrogen-bond donors (Lipinski definition) is 1. The van der Waals surface area contributed by atoms with E-state index in [1.807, 2.05) is 0 Å². The number of aryl methyl sites for hydroxylation is 1. The number of aromatic nitrogens is 2. The standard InChI is InChI=1S/C18H27N3/c1-12(16-10-13-7-8-14(16)9-13)21-18-15-5-3-2-4-6-17(15)19-11-20-18/h11-14,16H,2-10H2,1H3,(H,19,20,21). The average molecular weight is 285 g/mol. The first kappa shape index (κ1) is 13.5. The summed E-state index contributed by atoms with van der Waals surface area (Å²) in [4.78, 5) is 9.12. The molecule has 2 fully saturated rings. The summed E-state index contributed by atoms with van der Waals surface area (Å²) in [5.41, 5.74) is 2.70. The van der Waals surface area contributed by atoms with Crippen molar-refractivity contribution in [1.82, 2.24) is 9.97 Å². The van der Waals surface area contributed by atoms with Crippen molar-refractivity contribution in [2.45, 2.75) is 70.8 Å². The summed E-state index contributed by atoms with van der Waals surface area (Å²) in [7, 11) is 0. The molecular weight excluding hydrogens is 258 g/mol. The van der Waals surface area contributed by atoms with E-state index in [4.69, 9.17) is 0 Å². The summed E-state index contributed by atoms with van der Waals surface area (Å²) in [6, 6.07) is 0.558. The third-order valence-electron chi connectivity index (χ3n) is 6.17. The van der Waals surface area contributed by atoms with Crippen LogP contribution in [0.2, 0.25) is 0 Å². The highest BCUT2D eigenvalue weighted by atomic mass is 15.0. The number of anilines is 1. The molecule has 0 spiro atoms. The van der Waals surface area contributed by atoms with Gasteiger partial charge >= 0.3 is 0 Å². The van der Waals surface area contributed by atoms with Crippen molar-refractivity contribution in [2.24, 2.45) is 17.8 Å². The maximum atomic E-state index is 4.58. The molecule has 1 N–H and O–H groups in total. The second-order valence-electron chi connectivity index (χ2n) is 7.48. The molecule has 21 heavy (non-hydrogen) atoms. The number of fused-ring (bicyclic) bond motifs is 3. The lowest BCUT2D eigenvalue weighted by Gasteiger charge is -2.29. The largest absolute Gasteiger partial charge is 0.367 e. The van der Waals surface area contributed by atoms with Crippen molar-refractivity contribution in [3.8, 4) is 0 Å². The van der Waals surface area contributed by atoms with Crippen molar-refractivity contribution in [3.05, 3.63) is 17.6 Å². The predicted molar refractivity (Wildman–Crippen MR) is 85.3 cm³/mol. The van der Waals surface area contributed by atoms with Gasteiger partial charge in [-0.25, -0.2) is 9.97 Å². The normalized spacial score (nSPS) is 32.5. The van der Waals surface area contributed by atoms with Gasteiger partial charge in [-0.15, -0.1) is 0 Å². The van der Waals surface area contributed by atoms with E-state index < -0.39 is 0 Å². The van der Waals surface area contributed by atoms with Crippen LogP contribution in [0.15, 0.2) is 6.33 Å². The fourth-order valence-corrected chi connectivity index (χ4v) is 5.05. The van der Waals surface area contributed by atoms with Gasteiger partial charge in [-0.2, -0.15) is 0 Å². The van der Waals surface area contributed by atoms with E-state index in [1.165, 1.54) is 56.2 Å². The number of rotatable bonds is 3. The summed E-state index contributed by atoms with van der Waals surface area (Å²) in [5, 5.41) is 3.77. The molecule has 2 bridgehead atoms. The molecular formula is C18H27N3. The van der Waals surface area contributed by atoms with E-state index in [9.17, 15) is 0 Å². The summed E-state index contributed by atoms with van der Waals surface area (Å²) < 4.78 is 0. The van der Waals surface area contributed by atoms with Crippen LogP contribution >= 0.6 is 0 Å². The van der Waals surface area contributed by atoms with Gasteiger partial charge in [-0.3, -0.25) is 0 Å². The fraction of sp³-hybridized carbons (Fsp3) is 0.778. The maximum absolute atomic E-state index is 4.58. The Morgan fingerprint density at radius 3 is 2.81 bits per heavy atom. The van der Waals surface area contributed by atoms with Crippen LogP contribution in [-0.2, 0) is 12.8 Å². The van der Waals surface area contributed by atoms with Crippen molar-refractivity contribution in [1.29, 1.82) is 0 Å². The van der Waals surface area contributed by atoms with Crippen LogP contribution in [0.25, 0.3) is 0 Å². The molecule has 3 aliphatic carbocycles. The second-order valence-corrected chi connectivity index (χ2v) is 7.48. The third-order valence-corrected chi connectivity index (χ3v) is 6.17. The molecule has 0 saturated heterocycles. The van der Waals surface area contributed by atoms with Crippen molar-refractivity contribution in [2.75, 3.05) is 5.32 Å². The van der Waals surface area contributed by atoms with Crippen molar-refractivity contribution in [3.63, 3.8) is 0 Å². The monoisotopic (exact) mass is 285 g/mol. The quantitative estimate of drug-likeness (QED) is 0.854. The molecule has 1 aromatic rings. The molecule has 4 unspecified atom stereocenters. The first-order valence-corrected chi connectivity index (χ1v) is 8.90. The summed E-state index contributed by atoms with van der Waals surface area (Å²) in [5.74, 6) is 3.99. The Kier molecular flexibility index (Phi) is 3.60. The zero-order valence-electron chi connectivity index (χ0n) is 13.1. The zero-order valence-corrected chi connectivity index (χ0v) is 13.1. The molecule has 0 aliphatic heterocycles. The number of nitrogens with zero attached hydrogens (tertiary/aromatic N) is 2. The van der Waals surface area contributed by atoms with E-state index in [2.05, 4.69) is 22.2 Å². The Hall–Kier alpha value is -1.12. The van der Waals surface area contributed by atoms with Gasteiger partial charge in [0.1, 0.15) is 12.1 Å². The Morgan fingerprint density at radius 1 is 1.10 bits per heavy atom. The maximum Gasteiger partial charge on any atom is 0.133 e. The molecule has 2 saturated carbocycles. The highest BCUT2D eigenvalue weighted by Gasteiger charge is 2.41. The topological polar surface area (TPSA) is 37.8 Å². The molecule has 4 atom stereocenters. The smallest absolute Gasteiger partial charge is 0.133 e. The summed E-state index contributed by atoms with van der Waals surface area (Å²) >= 11 is 0. The van der Waals surface area contributed by atoms with Gasteiger partial charge < -0.3 is 5.32 Å². The molecule has 4 rings (SSSR count). The molecule has 1 aromatic heterocycles. The molecule has 3 aliphatic rings. The predicted octanol–water partition coefficient (Wildman–Crippen LogP) is 3.98. The molecule has 0 aromatic carbocycles. The highest BCUT2D eigenvalue weighted by Crippen LogP contribution is 2.49. The van der Waals surface area contributed by atoms with Crippen LogP contribution in [0.1, 0.15) is 63.1 Å². The Bertz CT molecular complexity index is 513. The molecule has 114 valence electrons. The molecule has 1 heterocycles. The van der Waals surface area contributed by atoms with E-state index in [1.54, 1.807) is 6.33 Å². The molecule has 3 heteroatoms. The van der Waals surface area contributed by atoms with Crippen LogP contribution in [0.4, 0.5) is 5.82 Å². The minimum Gasteiger partial charge on any atom is -0.367 e. The molecule has 0 amide bonds. The Morgan fingerprint density at radius 2 is 2.00 bits per heavy atom. The highest BCUT2D eigenvalue weighted by molar-refractivity contribution is 5.47. The van der Waals surface area contributed by atoms with Gasteiger partial charge in [0.25, 0.3) is 0 Å². The molecule has 0 radical (unpaired) electrons. The van der Waals surface area contributed by atoms with Gasteiger partial charge in [-0.05, 0) is 69.6 Å². The average Bonchev–Trinajstić information content (AvgIpc) is 3.04. The first-order valence-electron chi connectivity index (χ1n) is 8.90. The van der Waals surface area contributed by atoms with Gasteiger partial charge in [-0.1, -0.05) is 12.8 Å². The lowest BCUT2D eigenvalue weighted by molar-refractivity contribution is 0.304. The van der Waals surface area contributed by atoms with Crippen LogP contribution in [0, 0.1) is 17.8 Å². The minimum absolute atomic E-state index is 0.558.